The molecule has 0 amide bonds. The van der Waals surface area contributed by atoms with Gasteiger partial charge in [0.15, 0.2) is 0 Å². The van der Waals surface area contributed by atoms with Crippen LogP contribution in [0.4, 0.5) is 0 Å². The van der Waals surface area contributed by atoms with E-state index < -0.39 is 16.9 Å². The van der Waals surface area contributed by atoms with Crippen molar-refractivity contribution in [3.8, 4) is 0 Å². The number of carbonyl (C=O) groups excluding carboxylic acids is 1. The number of rotatable bonds is 6. The topological polar surface area (TPSA) is 87.0 Å². The second-order valence-corrected chi connectivity index (χ2v) is 15.9. The Kier molecular flexibility index (Phi) is 7.46. The quantitative estimate of drug-likeness (QED) is 0.276. The maximum Gasteiger partial charge on any atom is 0.312 e. The first-order valence-corrected chi connectivity index (χ1v) is 16.0. The zero-order valence-corrected chi connectivity index (χ0v) is 25.6. The summed E-state index contributed by atoms with van der Waals surface area (Å²) in [5.74, 6) is 1.90. The maximum atomic E-state index is 13.9. The fourth-order valence-electron chi connectivity index (χ4n) is 11.9. The number of hydrogen-bond acceptors (Lipinski definition) is 5. The zero-order valence-electron chi connectivity index (χ0n) is 25.6. The number of esters is 1. The van der Waals surface area contributed by atoms with Crippen molar-refractivity contribution < 1.29 is 24.9 Å². The molecular formula is C34H56O5. The third-order valence-electron chi connectivity index (χ3n) is 14.4. The van der Waals surface area contributed by atoms with Gasteiger partial charge in [0.25, 0.3) is 0 Å². The molecule has 5 fully saturated rings. The highest BCUT2D eigenvalue weighted by Gasteiger charge is 2.72. The predicted molar refractivity (Wildman–Crippen MR) is 154 cm³/mol. The summed E-state index contributed by atoms with van der Waals surface area (Å²) in [6.45, 7) is 18.7. The Labute approximate surface area is 237 Å². The van der Waals surface area contributed by atoms with Crippen molar-refractivity contribution in [1.29, 1.82) is 0 Å². The van der Waals surface area contributed by atoms with Gasteiger partial charge in [-0.15, -0.1) is 0 Å². The molecule has 5 aliphatic carbocycles. The molecule has 3 N–H and O–H groups in total. The van der Waals surface area contributed by atoms with Crippen LogP contribution in [0.25, 0.3) is 0 Å². The standard InChI is InChI=1S/C34H56O5/c1-21(2)23-10-15-34(29(38)39-19-22(3)18-35)17-16-32(6)24(28(23)34)8-9-26-30(4)13-12-27(37)31(5,20-36)25(30)11-14-33(26,32)7/h22-28,35-37H,1,8-20H2,2-7H3/t22?,23-,24?,25+,26?,27-,28?,30-,31-,32+,33+,34-/m0/s1. The van der Waals surface area contributed by atoms with E-state index in [0.717, 1.165) is 64.2 Å². The van der Waals surface area contributed by atoms with E-state index in [0.29, 0.717) is 30.3 Å². The molecular weight excluding hydrogens is 488 g/mol. The van der Waals surface area contributed by atoms with Gasteiger partial charge in [0.1, 0.15) is 0 Å². The Bertz CT molecular complexity index is 979. The van der Waals surface area contributed by atoms with Gasteiger partial charge in [-0.25, -0.2) is 0 Å². The lowest BCUT2D eigenvalue weighted by molar-refractivity contribution is -0.254. The normalized spacial score (nSPS) is 51.6. The van der Waals surface area contributed by atoms with E-state index in [1.165, 1.54) is 5.57 Å². The van der Waals surface area contributed by atoms with Crippen LogP contribution in [0.2, 0.25) is 0 Å². The number of fused-ring (bicyclic) bond motifs is 7. The lowest BCUT2D eigenvalue weighted by Crippen LogP contribution is -2.67. The molecule has 4 unspecified atom stereocenters. The van der Waals surface area contributed by atoms with Crippen molar-refractivity contribution in [2.75, 3.05) is 19.8 Å². The number of aliphatic hydroxyl groups excluding tert-OH is 3. The van der Waals surface area contributed by atoms with Crippen LogP contribution in [0, 0.1) is 62.6 Å². The van der Waals surface area contributed by atoms with Crippen LogP contribution in [0.5, 0.6) is 0 Å². The summed E-state index contributed by atoms with van der Waals surface area (Å²) < 4.78 is 5.97. The molecule has 0 radical (unpaired) electrons. The molecule has 222 valence electrons. The van der Waals surface area contributed by atoms with Crippen LogP contribution < -0.4 is 0 Å². The highest BCUT2D eigenvalue weighted by molar-refractivity contribution is 5.78. The van der Waals surface area contributed by atoms with E-state index in [2.05, 4.69) is 41.2 Å². The fraction of sp³-hybridized carbons (Fsp3) is 0.912. The fourth-order valence-corrected chi connectivity index (χ4v) is 11.9. The van der Waals surface area contributed by atoms with Gasteiger partial charge in [0.05, 0.1) is 24.7 Å². The summed E-state index contributed by atoms with van der Waals surface area (Å²) in [6, 6.07) is 0. The predicted octanol–water partition coefficient (Wildman–Crippen LogP) is 6.15. The van der Waals surface area contributed by atoms with Crippen LogP contribution in [0.1, 0.15) is 106 Å². The van der Waals surface area contributed by atoms with E-state index in [1.54, 1.807) is 0 Å². The second-order valence-electron chi connectivity index (χ2n) is 15.9. The summed E-state index contributed by atoms with van der Waals surface area (Å²) in [4.78, 5) is 13.9. The SMILES string of the molecule is C=C(C)[C@@H]1CC[C@]2(C(=O)OCC(C)CO)CC[C@]3(C)C(CCC4[C@@]5(C)CC[C@H](O)[C@@](C)(CO)[C@@H]5CC[C@]43C)C12. The van der Waals surface area contributed by atoms with Crippen LogP contribution in [-0.2, 0) is 9.53 Å². The Hall–Kier alpha value is -0.910. The van der Waals surface area contributed by atoms with Crippen molar-refractivity contribution in [1.82, 2.24) is 0 Å². The minimum absolute atomic E-state index is 0.0264. The Morgan fingerprint density at radius 1 is 0.923 bits per heavy atom. The average molecular weight is 545 g/mol. The van der Waals surface area contributed by atoms with Gasteiger partial charge < -0.3 is 20.1 Å². The Morgan fingerprint density at radius 3 is 2.28 bits per heavy atom. The monoisotopic (exact) mass is 544 g/mol. The van der Waals surface area contributed by atoms with Crippen LogP contribution >= 0.6 is 0 Å². The van der Waals surface area contributed by atoms with E-state index >= 15 is 0 Å². The number of aliphatic hydroxyl groups is 3. The molecule has 0 aromatic rings. The summed E-state index contributed by atoms with van der Waals surface area (Å²) in [6.07, 6.45) is 9.70. The van der Waals surface area contributed by atoms with Crippen molar-refractivity contribution in [3.63, 3.8) is 0 Å². The number of allylic oxidation sites excluding steroid dienone is 1. The van der Waals surface area contributed by atoms with Crippen molar-refractivity contribution >= 4 is 5.97 Å². The highest BCUT2D eigenvalue weighted by atomic mass is 16.5. The summed E-state index contributed by atoms with van der Waals surface area (Å²) in [5.41, 5.74) is 0.738. The molecule has 0 spiro atoms. The molecule has 12 atom stereocenters. The first-order valence-electron chi connectivity index (χ1n) is 16.0. The minimum atomic E-state index is -0.433. The van der Waals surface area contributed by atoms with E-state index in [9.17, 15) is 20.1 Å². The molecule has 39 heavy (non-hydrogen) atoms. The van der Waals surface area contributed by atoms with Gasteiger partial charge >= 0.3 is 5.97 Å². The molecule has 5 aliphatic rings. The summed E-state index contributed by atoms with van der Waals surface area (Å²) in [5, 5.41) is 31.0. The summed E-state index contributed by atoms with van der Waals surface area (Å²) in [7, 11) is 0. The minimum Gasteiger partial charge on any atom is -0.465 e. The number of ether oxygens (including phenoxy) is 1. The lowest BCUT2D eigenvalue weighted by Gasteiger charge is -2.72. The average Bonchev–Trinajstić information content (AvgIpc) is 3.31. The Balaban J connectivity index is 1.51. The van der Waals surface area contributed by atoms with Crippen molar-refractivity contribution in [2.24, 2.45) is 62.6 Å². The number of carbonyl (C=O) groups is 1. The van der Waals surface area contributed by atoms with Crippen molar-refractivity contribution in [2.45, 2.75) is 112 Å². The van der Waals surface area contributed by atoms with Gasteiger partial charge in [0.2, 0.25) is 0 Å². The van der Waals surface area contributed by atoms with Gasteiger partial charge in [-0.3, -0.25) is 4.79 Å². The van der Waals surface area contributed by atoms with Gasteiger partial charge in [0, 0.05) is 17.9 Å². The smallest absolute Gasteiger partial charge is 0.312 e. The van der Waals surface area contributed by atoms with Crippen LogP contribution in [0.15, 0.2) is 12.2 Å². The van der Waals surface area contributed by atoms with E-state index in [1.807, 2.05) is 6.92 Å². The van der Waals surface area contributed by atoms with Crippen LogP contribution in [-0.4, -0.2) is 47.2 Å². The first kappa shape index (κ1) is 29.6. The third-order valence-corrected chi connectivity index (χ3v) is 14.4. The van der Waals surface area contributed by atoms with E-state index in [4.69, 9.17) is 4.74 Å². The first-order chi connectivity index (χ1) is 18.2. The Morgan fingerprint density at radius 2 is 1.64 bits per heavy atom. The largest absolute Gasteiger partial charge is 0.465 e. The molecule has 0 aromatic carbocycles. The number of hydrogen-bond donors (Lipinski definition) is 3. The third kappa shape index (κ3) is 3.91. The van der Waals surface area contributed by atoms with Crippen LogP contribution in [0.3, 0.4) is 0 Å². The molecule has 0 aliphatic heterocycles. The molecule has 0 aromatic heterocycles. The molecule has 5 heteroatoms. The molecule has 5 rings (SSSR count). The zero-order chi connectivity index (χ0) is 28.6. The maximum absolute atomic E-state index is 13.9. The second kappa shape index (κ2) is 9.83. The van der Waals surface area contributed by atoms with Crippen molar-refractivity contribution in [3.05, 3.63) is 12.2 Å². The molecule has 0 bridgehead atoms. The molecule has 0 heterocycles. The van der Waals surface area contributed by atoms with Gasteiger partial charge in [-0.1, -0.05) is 46.8 Å². The van der Waals surface area contributed by atoms with Gasteiger partial charge in [-0.2, -0.15) is 0 Å². The van der Waals surface area contributed by atoms with E-state index in [-0.39, 0.29) is 47.3 Å². The molecule has 0 saturated heterocycles. The molecule has 5 nitrogen and oxygen atoms in total. The lowest BCUT2D eigenvalue weighted by atomic mass is 9.32. The molecule has 5 saturated carbocycles. The van der Waals surface area contributed by atoms with Gasteiger partial charge in [-0.05, 0) is 117 Å². The highest BCUT2D eigenvalue weighted by Crippen LogP contribution is 2.77. The summed E-state index contributed by atoms with van der Waals surface area (Å²) >= 11 is 0.